The van der Waals surface area contributed by atoms with Crippen molar-refractivity contribution in [1.29, 1.82) is 0 Å². The van der Waals surface area contributed by atoms with E-state index in [9.17, 15) is 4.79 Å². The summed E-state index contributed by atoms with van der Waals surface area (Å²) in [6.45, 7) is 6.18. The first-order chi connectivity index (χ1) is 8.29. The molecule has 98 valence electrons. The van der Waals surface area contributed by atoms with E-state index in [1.165, 1.54) is 0 Å². The molecule has 0 N–H and O–H groups in total. The molecule has 1 aromatic rings. The molecule has 1 amide bonds. The van der Waals surface area contributed by atoms with Crippen molar-refractivity contribution in [2.45, 2.75) is 45.1 Å². The number of rotatable bonds is 2. The smallest absolute Gasteiger partial charge is 0.254 e. The summed E-state index contributed by atoms with van der Waals surface area (Å²) >= 11 is 6.02. The zero-order chi connectivity index (χ0) is 13.5. The first-order valence-corrected chi connectivity index (χ1v) is 6.62. The van der Waals surface area contributed by atoms with Crippen molar-refractivity contribution in [2.75, 3.05) is 7.05 Å². The first kappa shape index (κ1) is 13.3. The highest BCUT2D eigenvalue weighted by molar-refractivity contribution is 6.29. The zero-order valence-corrected chi connectivity index (χ0v) is 12.1. The molecule has 0 atom stereocenters. The van der Waals surface area contributed by atoms with Crippen LogP contribution in [0.4, 0.5) is 0 Å². The van der Waals surface area contributed by atoms with Gasteiger partial charge in [0, 0.05) is 29.8 Å². The fourth-order valence-corrected chi connectivity index (χ4v) is 2.04. The maximum atomic E-state index is 12.3. The van der Waals surface area contributed by atoms with Crippen molar-refractivity contribution >= 4 is 17.5 Å². The molecule has 0 bridgehead atoms. The van der Waals surface area contributed by atoms with E-state index in [4.69, 9.17) is 11.6 Å². The fraction of sp³-hybridized carbons (Fsp3) is 0.571. The number of carbonyl (C=O) groups excluding carboxylic acids is 1. The van der Waals surface area contributed by atoms with Crippen LogP contribution < -0.4 is 0 Å². The fourth-order valence-electron chi connectivity index (χ4n) is 1.84. The van der Waals surface area contributed by atoms with Crippen molar-refractivity contribution in [1.82, 2.24) is 9.88 Å². The van der Waals surface area contributed by atoms with Gasteiger partial charge in [0.05, 0.1) is 0 Å². The predicted octanol–water partition coefficient (Wildman–Crippen LogP) is 3.27. The van der Waals surface area contributed by atoms with Crippen LogP contribution in [0, 0.1) is 0 Å². The van der Waals surface area contributed by atoms with Crippen LogP contribution in [-0.4, -0.2) is 28.9 Å². The van der Waals surface area contributed by atoms with Gasteiger partial charge in [0.15, 0.2) is 0 Å². The maximum Gasteiger partial charge on any atom is 0.254 e. The average Bonchev–Trinajstić information content (AvgIpc) is 3.08. The largest absolute Gasteiger partial charge is 0.339 e. The minimum absolute atomic E-state index is 0.0345. The Bertz CT molecular complexity index is 475. The van der Waals surface area contributed by atoms with Gasteiger partial charge in [0.2, 0.25) is 0 Å². The van der Waals surface area contributed by atoms with Crippen molar-refractivity contribution in [3.63, 3.8) is 0 Å². The van der Waals surface area contributed by atoms with Crippen LogP contribution in [0.2, 0.25) is 5.15 Å². The van der Waals surface area contributed by atoms with E-state index < -0.39 is 0 Å². The first-order valence-electron chi connectivity index (χ1n) is 6.24. The van der Waals surface area contributed by atoms with Gasteiger partial charge in [-0.25, -0.2) is 4.98 Å². The number of halogens is 1. The lowest BCUT2D eigenvalue weighted by Crippen LogP contribution is -2.29. The summed E-state index contributed by atoms with van der Waals surface area (Å²) in [5.74, 6) is 0.0345. The Morgan fingerprint density at radius 3 is 2.50 bits per heavy atom. The van der Waals surface area contributed by atoms with Crippen molar-refractivity contribution < 1.29 is 4.79 Å². The van der Waals surface area contributed by atoms with E-state index in [1.807, 2.05) is 13.1 Å². The summed E-state index contributed by atoms with van der Waals surface area (Å²) in [5.41, 5.74) is 1.37. The SMILES string of the molecule is CN(C(=O)c1cc(Cl)nc(C(C)(C)C)c1)C1CC1. The molecule has 3 nitrogen and oxygen atoms in total. The summed E-state index contributed by atoms with van der Waals surface area (Å²) in [6, 6.07) is 3.91. The molecule has 0 saturated heterocycles. The van der Waals surface area contributed by atoms with Gasteiger partial charge in [0.1, 0.15) is 5.15 Å². The van der Waals surface area contributed by atoms with Gasteiger partial charge in [-0.3, -0.25) is 4.79 Å². The van der Waals surface area contributed by atoms with Crippen molar-refractivity contribution in [3.8, 4) is 0 Å². The number of pyridine rings is 1. The third-order valence-electron chi connectivity index (χ3n) is 3.22. The highest BCUT2D eigenvalue weighted by atomic mass is 35.5. The molecular formula is C14H19ClN2O. The third-order valence-corrected chi connectivity index (χ3v) is 3.42. The molecule has 0 aromatic carbocycles. The minimum Gasteiger partial charge on any atom is -0.339 e. The molecule has 4 heteroatoms. The van der Waals surface area contributed by atoms with E-state index in [1.54, 1.807) is 11.0 Å². The molecule has 2 rings (SSSR count). The normalized spacial score (nSPS) is 15.6. The Balaban J connectivity index is 2.32. The minimum atomic E-state index is -0.113. The second-order valence-electron chi connectivity index (χ2n) is 5.96. The van der Waals surface area contributed by atoms with Crippen LogP contribution in [0.5, 0.6) is 0 Å². The van der Waals surface area contributed by atoms with Gasteiger partial charge in [-0.15, -0.1) is 0 Å². The molecule has 1 aliphatic rings. The van der Waals surface area contributed by atoms with Crippen LogP contribution >= 0.6 is 11.6 Å². The summed E-state index contributed by atoms with van der Waals surface area (Å²) < 4.78 is 0. The number of amides is 1. The quantitative estimate of drug-likeness (QED) is 0.770. The Morgan fingerprint density at radius 2 is 2.00 bits per heavy atom. The van der Waals surface area contributed by atoms with Crippen molar-refractivity contribution in [2.24, 2.45) is 0 Å². The number of hydrogen-bond donors (Lipinski definition) is 0. The summed E-state index contributed by atoms with van der Waals surface area (Å²) in [5, 5.41) is 0.384. The van der Waals surface area contributed by atoms with Crippen LogP contribution in [0.15, 0.2) is 12.1 Å². The number of nitrogens with zero attached hydrogens (tertiary/aromatic N) is 2. The molecule has 1 saturated carbocycles. The standard InChI is InChI=1S/C14H19ClN2O/c1-14(2,3)11-7-9(8-12(15)16-11)13(18)17(4)10-5-6-10/h7-8,10H,5-6H2,1-4H3. The maximum absolute atomic E-state index is 12.3. The number of hydrogen-bond acceptors (Lipinski definition) is 2. The lowest BCUT2D eigenvalue weighted by atomic mass is 9.91. The molecule has 0 aliphatic heterocycles. The summed E-state index contributed by atoms with van der Waals surface area (Å²) in [6.07, 6.45) is 2.21. The van der Waals surface area contributed by atoms with E-state index in [-0.39, 0.29) is 11.3 Å². The molecule has 1 aliphatic carbocycles. The molecule has 0 unspecified atom stereocenters. The molecular weight excluding hydrogens is 248 g/mol. The second-order valence-corrected chi connectivity index (χ2v) is 6.35. The number of carbonyl (C=O) groups is 1. The molecule has 0 radical (unpaired) electrons. The van der Waals surface area contributed by atoms with Gasteiger partial charge < -0.3 is 4.90 Å². The topological polar surface area (TPSA) is 33.2 Å². The van der Waals surface area contributed by atoms with Gasteiger partial charge in [-0.2, -0.15) is 0 Å². The molecule has 1 heterocycles. The molecule has 1 fully saturated rings. The van der Waals surface area contributed by atoms with Gasteiger partial charge in [-0.1, -0.05) is 32.4 Å². The number of aromatic nitrogens is 1. The Morgan fingerprint density at radius 1 is 1.39 bits per heavy atom. The van der Waals surface area contributed by atoms with Gasteiger partial charge in [0.25, 0.3) is 5.91 Å². The highest BCUT2D eigenvalue weighted by Gasteiger charge is 2.30. The van der Waals surface area contributed by atoms with Crippen LogP contribution in [0.1, 0.15) is 49.7 Å². The average molecular weight is 267 g/mol. The van der Waals surface area contributed by atoms with Crippen LogP contribution in [0.3, 0.4) is 0 Å². The van der Waals surface area contributed by atoms with E-state index >= 15 is 0 Å². The second kappa shape index (κ2) is 4.54. The van der Waals surface area contributed by atoms with E-state index in [2.05, 4.69) is 25.8 Å². The molecule has 1 aromatic heterocycles. The molecule has 18 heavy (non-hydrogen) atoms. The van der Waals surface area contributed by atoms with Gasteiger partial charge in [-0.05, 0) is 25.0 Å². The Labute approximate surface area is 113 Å². The molecule has 0 spiro atoms. The summed E-state index contributed by atoms with van der Waals surface area (Å²) in [7, 11) is 1.85. The zero-order valence-electron chi connectivity index (χ0n) is 11.3. The Hall–Kier alpha value is -1.09. The van der Waals surface area contributed by atoms with E-state index in [0.717, 1.165) is 18.5 Å². The third kappa shape index (κ3) is 2.83. The lowest BCUT2D eigenvalue weighted by molar-refractivity contribution is 0.0785. The summed E-state index contributed by atoms with van der Waals surface area (Å²) in [4.78, 5) is 18.4. The Kier molecular flexibility index (Phi) is 3.37. The lowest BCUT2D eigenvalue weighted by Gasteiger charge is -2.21. The van der Waals surface area contributed by atoms with Crippen LogP contribution in [-0.2, 0) is 5.41 Å². The highest BCUT2D eigenvalue weighted by Crippen LogP contribution is 2.28. The van der Waals surface area contributed by atoms with Crippen LogP contribution in [0.25, 0.3) is 0 Å². The van der Waals surface area contributed by atoms with Gasteiger partial charge >= 0.3 is 0 Å². The predicted molar refractivity (Wildman–Crippen MR) is 73.1 cm³/mol. The van der Waals surface area contributed by atoms with Crippen molar-refractivity contribution in [3.05, 3.63) is 28.5 Å². The van der Waals surface area contributed by atoms with E-state index in [0.29, 0.717) is 16.8 Å². The monoisotopic (exact) mass is 266 g/mol.